The molecule has 3 rings (SSSR count). The van der Waals surface area contributed by atoms with Crippen LogP contribution in [0.1, 0.15) is 17.8 Å². The van der Waals surface area contributed by atoms with Gasteiger partial charge in [-0.25, -0.2) is 8.42 Å². The summed E-state index contributed by atoms with van der Waals surface area (Å²) < 4.78 is 44.3. The van der Waals surface area contributed by atoms with E-state index in [0.717, 1.165) is 11.4 Å². The molecule has 9 nitrogen and oxygen atoms in total. The minimum absolute atomic E-state index is 0.115. The first-order valence-corrected chi connectivity index (χ1v) is 11.3. The summed E-state index contributed by atoms with van der Waals surface area (Å²) in [6.45, 7) is 6.13. The molecule has 1 aromatic carbocycles. The van der Waals surface area contributed by atoms with Gasteiger partial charge in [-0.1, -0.05) is 0 Å². The van der Waals surface area contributed by atoms with E-state index in [1.807, 2.05) is 19.9 Å². The Labute approximate surface area is 176 Å². The summed E-state index contributed by atoms with van der Waals surface area (Å²) in [6, 6.07) is 8.17. The van der Waals surface area contributed by atoms with Gasteiger partial charge in [-0.3, -0.25) is 9.48 Å². The molecule has 0 spiro atoms. The zero-order valence-electron chi connectivity index (χ0n) is 17.2. The van der Waals surface area contributed by atoms with Crippen LogP contribution >= 0.6 is 0 Å². The van der Waals surface area contributed by atoms with E-state index in [9.17, 15) is 13.2 Å². The van der Waals surface area contributed by atoms with E-state index in [1.54, 1.807) is 16.8 Å². The Kier molecular flexibility index (Phi) is 7.46. The van der Waals surface area contributed by atoms with Crippen molar-refractivity contribution < 1.29 is 27.4 Å². The molecule has 1 saturated heterocycles. The Morgan fingerprint density at radius 1 is 1.13 bits per heavy atom. The minimum atomic E-state index is -3.52. The monoisotopic (exact) mass is 437 g/mol. The normalized spacial score (nSPS) is 15.1. The molecule has 0 saturated carbocycles. The molecule has 2 aromatic rings. The van der Waals surface area contributed by atoms with Crippen molar-refractivity contribution in [1.29, 1.82) is 0 Å². The molecule has 1 fully saturated rings. The van der Waals surface area contributed by atoms with Crippen molar-refractivity contribution in [3.63, 3.8) is 0 Å². The second-order valence-electron chi connectivity index (χ2n) is 6.96. The van der Waals surface area contributed by atoms with Gasteiger partial charge in [0.05, 0.1) is 36.8 Å². The quantitative estimate of drug-likeness (QED) is 0.433. The fourth-order valence-electron chi connectivity index (χ4n) is 3.13. The number of aromatic nitrogens is 2. The van der Waals surface area contributed by atoms with Crippen LogP contribution in [-0.2, 0) is 30.8 Å². The van der Waals surface area contributed by atoms with Gasteiger partial charge in [0.2, 0.25) is 10.0 Å². The van der Waals surface area contributed by atoms with E-state index >= 15 is 0 Å². The van der Waals surface area contributed by atoms with Crippen molar-refractivity contribution in [2.24, 2.45) is 0 Å². The van der Waals surface area contributed by atoms with Gasteiger partial charge in [0.25, 0.3) is 0 Å². The van der Waals surface area contributed by atoms with E-state index in [-0.39, 0.29) is 30.5 Å². The summed E-state index contributed by atoms with van der Waals surface area (Å²) in [5.74, 6) is 0.188. The topological polar surface area (TPSA) is 100.0 Å². The highest BCUT2D eigenvalue weighted by Crippen LogP contribution is 2.20. The molecular weight excluding hydrogens is 410 g/mol. The predicted molar refractivity (Wildman–Crippen MR) is 109 cm³/mol. The molecule has 164 valence electrons. The molecule has 30 heavy (non-hydrogen) atoms. The van der Waals surface area contributed by atoms with Gasteiger partial charge >= 0.3 is 5.97 Å². The van der Waals surface area contributed by atoms with Crippen molar-refractivity contribution >= 4 is 16.0 Å². The van der Waals surface area contributed by atoms with Crippen LogP contribution < -0.4 is 4.74 Å². The number of sulfonamides is 1. The molecule has 0 unspecified atom stereocenters. The Bertz CT molecular complexity index is 949. The van der Waals surface area contributed by atoms with E-state index < -0.39 is 10.0 Å². The minimum Gasteiger partial charge on any atom is -0.490 e. The summed E-state index contributed by atoms with van der Waals surface area (Å²) in [6.07, 6.45) is 0.232. The Morgan fingerprint density at radius 3 is 2.47 bits per heavy atom. The third-order valence-electron chi connectivity index (χ3n) is 4.68. The van der Waals surface area contributed by atoms with Crippen molar-refractivity contribution in [3.8, 4) is 5.75 Å². The molecule has 1 aliphatic rings. The molecule has 0 N–H and O–H groups in total. The standard InChI is InChI=1S/C20H27N3O6S/c1-16-15-17(2)23(21-16)8-7-20(24)29-14-13-28-18-3-5-19(6-4-18)30(25,26)22-9-11-27-12-10-22/h3-6,15H,7-14H2,1-2H3. The SMILES string of the molecule is Cc1cc(C)n(CCC(=O)OCCOc2ccc(S(=O)(=O)N3CCOCC3)cc2)n1. The lowest BCUT2D eigenvalue weighted by molar-refractivity contribution is -0.144. The lowest BCUT2D eigenvalue weighted by atomic mass is 10.3. The number of ether oxygens (including phenoxy) is 3. The van der Waals surface area contributed by atoms with Crippen LogP contribution in [0.2, 0.25) is 0 Å². The van der Waals surface area contributed by atoms with E-state index in [0.29, 0.717) is 38.6 Å². The van der Waals surface area contributed by atoms with Gasteiger partial charge in [-0.15, -0.1) is 0 Å². The van der Waals surface area contributed by atoms with Crippen molar-refractivity contribution in [2.75, 3.05) is 39.5 Å². The second kappa shape index (κ2) is 10.1. The van der Waals surface area contributed by atoms with Gasteiger partial charge in [0, 0.05) is 18.8 Å². The maximum absolute atomic E-state index is 12.6. The maximum Gasteiger partial charge on any atom is 0.307 e. The number of benzene rings is 1. The average molecular weight is 438 g/mol. The van der Waals surface area contributed by atoms with Crippen molar-refractivity contribution in [2.45, 2.75) is 31.7 Å². The number of nitrogens with zero attached hydrogens (tertiary/aromatic N) is 3. The number of carbonyl (C=O) groups is 1. The summed E-state index contributed by atoms with van der Waals surface area (Å²) in [7, 11) is -3.52. The average Bonchev–Trinajstić information content (AvgIpc) is 3.07. The number of morpholine rings is 1. The molecule has 10 heteroatoms. The lowest BCUT2D eigenvalue weighted by Crippen LogP contribution is -2.40. The number of hydrogen-bond acceptors (Lipinski definition) is 7. The van der Waals surface area contributed by atoms with E-state index in [1.165, 1.54) is 16.4 Å². The number of carbonyl (C=O) groups excluding carboxylic acids is 1. The van der Waals surface area contributed by atoms with Gasteiger partial charge in [-0.2, -0.15) is 9.40 Å². The Balaban J connectivity index is 1.40. The van der Waals surface area contributed by atoms with Crippen LogP contribution in [0, 0.1) is 13.8 Å². The summed E-state index contributed by atoms with van der Waals surface area (Å²) >= 11 is 0. The van der Waals surface area contributed by atoms with E-state index in [4.69, 9.17) is 14.2 Å². The maximum atomic E-state index is 12.6. The van der Waals surface area contributed by atoms with Crippen molar-refractivity contribution in [1.82, 2.24) is 14.1 Å². The first-order valence-electron chi connectivity index (χ1n) is 9.84. The van der Waals surface area contributed by atoms with Crippen molar-refractivity contribution in [3.05, 3.63) is 41.7 Å². The first-order chi connectivity index (χ1) is 14.4. The first kappa shape index (κ1) is 22.3. The van der Waals surface area contributed by atoms with Gasteiger partial charge in [-0.05, 0) is 44.2 Å². The van der Waals surface area contributed by atoms with E-state index in [2.05, 4.69) is 5.10 Å². The lowest BCUT2D eigenvalue weighted by Gasteiger charge is -2.26. The number of aryl methyl sites for hydroxylation is 3. The molecule has 0 aliphatic carbocycles. The fourth-order valence-corrected chi connectivity index (χ4v) is 4.54. The van der Waals surface area contributed by atoms with Crippen LogP contribution in [0.3, 0.4) is 0 Å². The third kappa shape index (κ3) is 5.80. The fraction of sp³-hybridized carbons (Fsp3) is 0.500. The highest BCUT2D eigenvalue weighted by atomic mass is 32.2. The molecule has 2 heterocycles. The Hall–Kier alpha value is -2.43. The van der Waals surface area contributed by atoms with Gasteiger partial charge < -0.3 is 14.2 Å². The Morgan fingerprint density at radius 2 is 1.83 bits per heavy atom. The van der Waals surface area contributed by atoms with Crippen LogP contribution in [0.25, 0.3) is 0 Å². The summed E-state index contributed by atoms with van der Waals surface area (Å²) in [4.78, 5) is 12.1. The summed E-state index contributed by atoms with van der Waals surface area (Å²) in [5, 5.41) is 4.30. The summed E-state index contributed by atoms with van der Waals surface area (Å²) in [5.41, 5.74) is 1.92. The second-order valence-corrected chi connectivity index (χ2v) is 8.89. The third-order valence-corrected chi connectivity index (χ3v) is 6.59. The molecule has 0 bridgehead atoms. The van der Waals surface area contributed by atoms with Gasteiger partial charge in [0.15, 0.2) is 0 Å². The molecule has 0 atom stereocenters. The zero-order valence-corrected chi connectivity index (χ0v) is 18.1. The number of esters is 1. The van der Waals surface area contributed by atoms with Crippen LogP contribution in [-0.4, -0.2) is 68.0 Å². The molecule has 1 aromatic heterocycles. The zero-order chi connectivity index (χ0) is 21.6. The predicted octanol–water partition coefficient (Wildman–Crippen LogP) is 1.53. The van der Waals surface area contributed by atoms with Crippen LogP contribution in [0.15, 0.2) is 35.2 Å². The van der Waals surface area contributed by atoms with Crippen LogP contribution in [0.5, 0.6) is 5.75 Å². The van der Waals surface area contributed by atoms with Gasteiger partial charge in [0.1, 0.15) is 19.0 Å². The molecule has 0 radical (unpaired) electrons. The number of rotatable bonds is 9. The molecular formula is C20H27N3O6S. The highest BCUT2D eigenvalue weighted by Gasteiger charge is 2.26. The number of hydrogen-bond donors (Lipinski definition) is 0. The smallest absolute Gasteiger partial charge is 0.307 e. The molecule has 1 aliphatic heterocycles. The molecule has 0 amide bonds. The van der Waals surface area contributed by atoms with Crippen LogP contribution in [0.4, 0.5) is 0 Å². The highest BCUT2D eigenvalue weighted by molar-refractivity contribution is 7.89. The largest absolute Gasteiger partial charge is 0.490 e.